The number of benzene rings is 1. The molecule has 2 rings (SSSR count). The largest absolute Gasteiger partial charge is 0.464 e. The Labute approximate surface area is 101 Å². The quantitative estimate of drug-likeness (QED) is 0.632. The first kappa shape index (κ1) is 11.9. The number of carbonyl (C=O) groups excluding carboxylic acids is 1. The van der Waals surface area contributed by atoms with Crippen LogP contribution in [0.4, 0.5) is 5.69 Å². The monoisotopic (exact) mass is 234 g/mol. The van der Waals surface area contributed by atoms with Crippen LogP contribution in [0.3, 0.4) is 0 Å². The lowest BCUT2D eigenvalue weighted by atomic mass is 10.1. The number of anilines is 1. The molecule has 0 spiro atoms. The van der Waals surface area contributed by atoms with Crippen molar-refractivity contribution in [1.29, 1.82) is 0 Å². The molecule has 1 aliphatic heterocycles. The van der Waals surface area contributed by atoms with Crippen LogP contribution in [0, 0.1) is 0 Å². The van der Waals surface area contributed by atoms with Gasteiger partial charge in [-0.3, -0.25) is 9.69 Å². The fourth-order valence-electron chi connectivity index (χ4n) is 2.16. The molecule has 0 radical (unpaired) electrons. The number of nitrogens with two attached hydrogens (primary N) is 1. The van der Waals surface area contributed by atoms with Crippen LogP contribution in [0.2, 0.25) is 0 Å². The summed E-state index contributed by atoms with van der Waals surface area (Å²) in [5.74, 6) is -0.110. The van der Waals surface area contributed by atoms with E-state index in [1.165, 1.54) is 0 Å². The lowest BCUT2D eigenvalue weighted by molar-refractivity contribution is -0.142. The van der Waals surface area contributed by atoms with Crippen LogP contribution < -0.4 is 5.73 Å². The van der Waals surface area contributed by atoms with Crippen molar-refractivity contribution >= 4 is 11.7 Å². The minimum atomic E-state index is -0.111. The van der Waals surface area contributed by atoms with Gasteiger partial charge in [-0.2, -0.15) is 0 Å². The molecule has 1 heterocycles. The topological polar surface area (TPSA) is 55.6 Å². The predicted octanol–water partition coefficient (Wildman–Crippen LogP) is 1.41. The number of likely N-dealkylation sites (N-methyl/N-ethyl adjacent to an activating group) is 1. The highest BCUT2D eigenvalue weighted by atomic mass is 16.5. The average Bonchev–Trinajstić information content (AvgIpc) is 2.75. The Morgan fingerprint density at radius 3 is 2.82 bits per heavy atom. The van der Waals surface area contributed by atoms with Crippen molar-refractivity contribution < 1.29 is 9.53 Å². The Kier molecular flexibility index (Phi) is 3.64. The molecule has 92 valence electrons. The van der Waals surface area contributed by atoms with Gasteiger partial charge in [-0.15, -0.1) is 0 Å². The molecule has 2 N–H and O–H groups in total. The van der Waals surface area contributed by atoms with Gasteiger partial charge >= 0.3 is 5.97 Å². The fraction of sp³-hybridized carbons (Fsp3) is 0.462. The molecule has 1 saturated heterocycles. The number of hydrogen-bond acceptors (Lipinski definition) is 4. The number of cyclic esters (lactones) is 1. The van der Waals surface area contributed by atoms with Gasteiger partial charge < -0.3 is 10.5 Å². The zero-order valence-corrected chi connectivity index (χ0v) is 10.1. The van der Waals surface area contributed by atoms with Crippen LogP contribution in [0.1, 0.15) is 18.9 Å². The van der Waals surface area contributed by atoms with Gasteiger partial charge in [0.05, 0.1) is 6.61 Å². The van der Waals surface area contributed by atoms with E-state index in [0.29, 0.717) is 13.2 Å². The molecule has 0 aliphatic carbocycles. The molecule has 1 aromatic rings. The number of para-hydroxylation sites is 1. The van der Waals surface area contributed by atoms with Gasteiger partial charge in [0.1, 0.15) is 6.04 Å². The van der Waals surface area contributed by atoms with E-state index in [-0.39, 0.29) is 12.0 Å². The average molecular weight is 234 g/mol. The summed E-state index contributed by atoms with van der Waals surface area (Å²) in [5, 5.41) is 0. The SMILES string of the molecule is CCN(Cc1ccccc1N)C1CCOC1=O. The number of nitrogens with zero attached hydrogens (tertiary/aromatic N) is 1. The van der Waals surface area contributed by atoms with Crippen LogP contribution >= 0.6 is 0 Å². The van der Waals surface area contributed by atoms with Gasteiger partial charge in [0.15, 0.2) is 0 Å². The van der Waals surface area contributed by atoms with E-state index in [0.717, 1.165) is 24.2 Å². The molecule has 1 atom stereocenters. The van der Waals surface area contributed by atoms with E-state index in [1.807, 2.05) is 31.2 Å². The standard InChI is InChI=1S/C13H18N2O2/c1-2-15(12-7-8-17-13(12)16)9-10-5-3-4-6-11(10)14/h3-6,12H,2,7-9,14H2,1H3. The summed E-state index contributed by atoms with van der Waals surface area (Å²) >= 11 is 0. The lowest BCUT2D eigenvalue weighted by Crippen LogP contribution is -2.38. The van der Waals surface area contributed by atoms with Gasteiger partial charge in [0, 0.05) is 18.7 Å². The molecular formula is C13H18N2O2. The zero-order chi connectivity index (χ0) is 12.3. The third kappa shape index (κ3) is 2.58. The van der Waals surface area contributed by atoms with Crippen molar-refractivity contribution in [3.63, 3.8) is 0 Å². The second kappa shape index (κ2) is 5.19. The predicted molar refractivity (Wildman–Crippen MR) is 66.3 cm³/mol. The van der Waals surface area contributed by atoms with E-state index in [1.54, 1.807) is 0 Å². The Morgan fingerprint density at radius 1 is 1.47 bits per heavy atom. The van der Waals surface area contributed by atoms with Crippen LogP contribution in [0.5, 0.6) is 0 Å². The van der Waals surface area contributed by atoms with E-state index >= 15 is 0 Å². The van der Waals surface area contributed by atoms with Crippen LogP contribution in [0.25, 0.3) is 0 Å². The molecule has 0 amide bonds. The Morgan fingerprint density at radius 2 is 2.24 bits per heavy atom. The van der Waals surface area contributed by atoms with Crippen LogP contribution in [0.15, 0.2) is 24.3 Å². The molecule has 0 bridgehead atoms. The van der Waals surface area contributed by atoms with Crippen molar-refractivity contribution in [3.8, 4) is 0 Å². The van der Waals surface area contributed by atoms with Crippen LogP contribution in [-0.2, 0) is 16.1 Å². The highest BCUT2D eigenvalue weighted by Gasteiger charge is 2.31. The number of hydrogen-bond donors (Lipinski definition) is 1. The molecule has 0 saturated carbocycles. The van der Waals surface area contributed by atoms with Gasteiger partial charge in [-0.25, -0.2) is 0 Å². The first-order chi connectivity index (χ1) is 8.22. The van der Waals surface area contributed by atoms with Crippen molar-refractivity contribution in [1.82, 2.24) is 4.90 Å². The second-order valence-corrected chi connectivity index (χ2v) is 4.23. The summed E-state index contributed by atoms with van der Waals surface area (Å²) in [6.45, 7) is 4.09. The normalized spacial score (nSPS) is 19.6. The van der Waals surface area contributed by atoms with Gasteiger partial charge in [-0.05, 0) is 18.2 Å². The Hall–Kier alpha value is -1.55. The molecule has 4 heteroatoms. The first-order valence-corrected chi connectivity index (χ1v) is 5.96. The second-order valence-electron chi connectivity index (χ2n) is 4.23. The summed E-state index contributed by atoms with van der Waals surface area (Å²) < 4.78 is 5.00. The number of ether oxygens (including phenoxy) is 1. The number of rotatable bonds is 4. The van der Waals surface area contributed by atoms with Crippen molar-refractivity contribution in [2.75, 3.05) is 18.9 Å². The Bertz CT molecular complexity index is 406. The van der Waals surface area contributed by atoms with Crippen molar-refractivity contribution in [2.24, 2.45) is 0 Å². The summed E-state index contributed by atoms with van der Waals surface area (Å²) in [6, 6.07) is 7.65. The smallest absolute Gasteiger partial charge is 0.323 e. The summed E-state index contributed by atoms with van der Waals surface area (Å²) in [7, 11) is 0. The highest BCUT2D eigenvalue weighted by Crippen LogP contribution is 2.19. The van der Waals surface area contributed by atoms with Crippen LogP contribution in [-0.4, -0.2) is 30.1 Å². The number of carbonyl (C=O) groups is 1. The van der Waals surface area contributed by atoms with E-state index in [2.05, 4.69) is 4.90 Å². The number of esters is 1. The summed E-state index contributed by atoms with van der Waals surface area (Å²) in [4.78, 5) is 13.7. The van der Waals surface area contributed by atoms with Crippen molar-refractivity contribution in [3.05, 3.63) is 29.8 Å². The van der Waals surface area contributed by atoms with E-state index in [4.69, 9.17) is 10.5 Å². The molecule has 0 aromatic heterocycles. The fourth-order valence-corrected chi connectivity index (χ4v) is 2.16. The molecular weight excluding hydrogens is 216 g/mol. The molecule has 1 unspecified atom stereocenters. The Balaban J connectivity index is 2.10. The molecule has 17 heavy (non-hydrogen) atoms. The third-order valence-electron chi connectivity index (χ3n) is 3.18. The maximum atomic E-state index is 11.6. The summed E-state index contributed by atoms with van der Waals surface area (Å²) in [5.41, 5.74) is 7.75. The maximum absolute atomic E-state index is 11.6. The summed E-state index contributed by atoms with van der Waals surface area (Å²) in [6.07, 6.45) is 0.777. The molecule has 1 aliphatic rings. The highest BCUT2D eigenvalue weighted by molar-refractivity contribution is 5.77. The lowest BCUT2D eigenvalue weighted by Gasteiger charge is -2.25. The molecule has 1 fully saturated rings. The molecule has 4 nitrogen and oxygen atoms in total. The maximum Gasteiger partial charge on any atom is 0.323 e. The number of nitrogen functional groups attached to an aromatic ring is 1. The minimum Gasteiger partial charge on any atom is -0.464 e. The minimum absolute atomic E-state index is 0.110. The van der Waals surface area contributed by atoms with E-state index < -0.39 is 0 Å². The van der Waals surface area contributed by atoms with Gasteiger partial charge in [-0.1, -0.05) is 25.1 Å². The zero-order valence-electron chi connectivity index (χ0n) is 10.1. The molecule has 1 aromatic carbocycles. The first-order valence-electron chi connectivity index (χ1n) is 5.96. The van der Waals surface area contributed by atoms with Crippen molar-refractivity contribution in [2.45, 2.75) is 25.9 Å². The van der Waals surface area contributed by atoms with E-state index in [9.17, 15) is 4.79 Å². The van der Waals surface area contributed by atoms with Gasteiger partial charge in [0.2, 0.25) is 0 Å². The third-order valence-corrected chi connectivity index (χ3v) is 3.18. The van der Waals surface area contributed by atoms with Gasteiger partial charge in [0.25, 0.3) is 0 Å².